The van der Waals surface area contributed by atoms with Gasteiger partial charge in [-0.3, -0.25) is 24.7 Å². The first kappa shape index (κ1) is 22.8. The minimum atomic E-state index is -0.499. The summed E-state index contributed by atoms with van der Waals surface area (Å²) >= 11 is 0. The molecule has 0 amide bonds. The number of methoxy groups -OCH3 is 1. The zero-order chi connectivity index (χ0) is 24.6. The summed E-state index contributed by atoms with van der Waals surface area (Å²) in [5.41, 5.74) is 5.31. The predicted octanol–water partition coefficient (Wildman–Crippen LogP) is 4.04. The Bertz CT molecular complexity index is 1450. The van der Waals surface area contributed by atoms with Crippen LogP contribution >= 0.6 is 0 Å². The van der Waals surface area contributed by atoms with Crippen LogP contribution in [0, 0.1) is 0 Å². The van der Waals surface area contributed by atoms with Gasteiger partial charge in [0.25, 0.3) is 5.56 Å². The molecule has 4 aromatic rings. The van der Waals surface area contributed by atoms with Crippen LogP contribution < -0.4 is 10.3 Å². The highest BCUT2D eigenvalue weighted by molar-refractivity contribution is 5.76. The van der Waals surface area contributed by atoms with Gasteiger partial charge in [-0.15, -0.1) is 0 Å². The van der Waals surface area contributed by atoms with E-state index in [9.17, 15) is 9.59 Å². The number of fused-ring (bicyclic) bond motifs is 2. The largest absolute Gasteiger partial charge is 0.488 e. The molecule has 0 saturated carbocycles. The molecular weight excluding hydrogens is 444 g/mol. The molecule has 1 aliphatic heterocycles. The number of aromatic nitrogens is 4. The van der Waals surface area contributed by atoms with Gasteiger partial charge in [-0.1, -0.05) is 18.2 Å². The molecule has 5 rings (SSSR count). The highest BCUT2D eigenvalue weighted by atomic mass is 16.5. The van der Waals surface area contributed by atoms with Crippen LogP contribution in [-0.4, -0.2) is 38.8 Å². The number of benzene rings is 2. The van der Waals surface area contributed by atoms with Crippen LogP contribution in [0.5, 0.6) is 5.75 Å². The fourth-order valence-corrected chi connectivity index (χ4v) is 4.77. The average Bonchev–Trinajstić information content (AvgIpc) is 3.21. The SMILES string of the molecule is COC(=O)C[C@@H](c1ccc2nccnc2c1)c1c(Cc2ccc3c(c2)CCC(C)(C)O3)[nH][nH]c1=O. The number of carbonyl (C=O) groups excluding carboxylic acids is 1. The summed E-state index contributed by atoms with van der Waals surface area (Å²) in [7, 11) is 1.35. The van der Waals surface area contributed by atoms with Crippen molar-refractivity contribution in [3.05, 3.63) is 87.1 Å². The van der Waals surface area contributed by atoms with Crippen molar-refractivity contribution in [2.45, 2.75) is 51.0 Å². The third-order valence-electron chi connectivity index (χ3n) is 6.63. The first-order valence-electron chi connectivity index (χ1n) is 11.7. The van der Waals surface area contributed by atoms with Crippen molar-refractivity contribution < 1.29 is 14.3 Å². The van der Waals surface area contributed by atoms with E-state index in [0.717, 1.165) is 40.9 Å². The number of hydrogen-bond donors (Lipinski definition) is 2. The van der Waals surface area contributed by atoms with Crippen molar-refractivity contribution in [3.63, 3.8) is 0 Å². The predicted molar refractivity (Wildman–Crippen MR) is 132 cm³/mol. The maximum Gasteiger partial charge on any atom is 0.306 e. The molecule has 2 aromatic carbocycles. The van der Waals surface area contributed by atoms with Gasteiger partial charge >= 0.3 is 5.97 Å². The number of esters is 1. The second kappa shape index (κ2) is 9.02. The molecule has 1 atom stereocenters. The Balaban J connectivity index is 1.52. The van der Waals surface area contributed by atoms with Crippen molar-refractivity contribution in [1.82, 2.24) is 20.2 Å². The van der Waals surface area contributed by atoms with Gasteiger partial charge < -0.3 is 14.6 Å². The number of rotatable bonds is 6. The summed E-state index contributed by atoms with van der Waals surface area (Å²) in [5, 5.41) is 5.77. The number of carbonyl (C=O) groups is 1. The molecule has 2 aromatic heterocycles. The third-order valence-corrected chi connectivity index (χ3v) is 6.63. The van der Waals surface area contributed by atoms with E-state index >= 15 is 0 Å². The van der Waals surface area contributed by atoms with Crippen molar-refractivity contribution >= 4 is 17.0 Å². The Morgan fingerprint density at radius 2 is 1.91 bits per heavy atom. The molecule has 0 saturated heterocycles. The van der Waals surface area contributed by atoms with Gasteiger partial charge in [-0.05, 0) is 61.6 Å². The van der Waals surface area contributed by atoms with Crippen LogP contribution in [0.3, 0.4) is 0 Å². The van der Waals surface area contributed by atoms with E-state index < -0.39 is 11.9 Å². The van der Waals surface area contributed by atoms with Crippen LogP contribution in [0.2, 0.25) is 0 Å². The van der Waals surface area contributed by atoms with Crippen molar-refractivity contribution in [1.29, 1.82) is 0 Å². The van der Waals surface area contributed by atoms with E-state index in [1.54, 1.807) is 12.4 Å². The molecule has 180 valence electrons. The zero-order valence-corrected chi connectivity index (χ0v) is 20.1. The van der Waals surface area contributed by atoms with Crippen molar-refractivity contribution in [3.8, 4) is 5.75 Å². The number of H-pyrrole nitrogens is 2. The lowest BCUT2D eigenvalue weighted by Gasteiger charge is -2.32. The standard InChI is InChI=1S/C27H28N4O4/c1-27(2)9-8-18-12-16(4-7-23(18)35-27)13-22-25(26(33)31-30-22)19(15-24(32)34-3)17-5-6-20-21(14-17)29-11-10-28-20/h4-7,10-12,14,19H,8-9,13,15H2,1-3H3,(H2,30,31,33)/t19-/m0/s1. The van der Waals surface area contributed by atoms with Gasteiger partial charge in [0.2, 0.25) is 0 Å². The highest BCUT2D eigenvalue weighted by Gasteiger charge is 2.28. The summed E-state index contributed by atoms with van der Waals surface area (Å²) in [6, 6.07) is 11.8. The Labute approximate surface area is 202 Å². The number of aromatic amines is 2. The summed E-state index contributed by atoms with van der Waals surface area (Å²) in [6.07, 6.45) is 5.68. The van der Waals surface area contributed by atoms with Crippen molar-refractivity contribution in [2.24, 2.45) is 0 Å². The number of hydrogen-bond acceptors (Lipinski definition) is 6. The molecule has 1 aliphatic rings. The van der Waals surface area contributed by atoms with Crippen LogP contribution in [-0.2, 0) is 22.4 Å². The van der Waals surface area contributed by atoms with E-state index in [2.05, 4.69) is 40.1 Å². The molecule has 0 fully saturated rings. The quantitative estimate of drug-likeness (QED) is 0.410. The lowest BCUT2D eigenvalue weighted by atomic mass is 9.86. The number of aryl methyl sites for hydroxylation is 1. The van der Waals surface area contributed by atoms with E-state index in [1.807, 2.05) is 30.3 Å². The lowest BCUT2D eigenvalue weighted by Crippen LogP contribution is -2.32. The molecule has 0 bridgehead atoms. The average molecular weight is 473 g/mol. The second-order valence-corrected chi connectivity index (χ2v) is 9.59. The number of nitrogens with zero attached hydrogens (tertiary/aromatic N) is 2. The topological polar surface area (TPSA) is 110 Å². The Morgan fingerprint density at radius 3 is 2.71 bits per heavy atom. The van der Waals surface area contributed by atoms with E-state index in [1.165, 1.54) is 12.7 Å². The maximum absolute atomic E-state index is 13.0. The Morgan fingerprint density at radius 1 is 1.11 bits per heavy atom. The van der Waals surface area contributed by atoms with Gasteiger partial charge in [-0.25, -0.2) is 0 Å². The van der Waals surface area contributed by atoms with Gasteiger partial charge in [0, 0.05) is 36.0 Å². The summed E-state index contributed by atoms with van der Waals surface area (Å²) in [4.78, 5) is 34.1. The summed E-state index contributed by atoms with van der Waals surface area (Å²) < 4.78 is 11.1. The lowest BCUT2D eigenvalue weighted by molar-refractivity contribution is -0.140. The monoisotopic (exact) mass is 472 g/mol. The normalized spacial score (nSPS) is 15.3. The van der Waals surface area contributed by atoms with Gasteiger partial charge in [0.05, 0.1) is 24.6 Å². The highest BCUT2D eigenvalue weighted by Crippen LogP contribution is 2.35. The molecule has 0 spiro atoms. The molecule has 0 aliphatic carbocycles. The van der Waals surface area contributed by atoms with E-state index in [4.69, 9.17) is 9.47 Å². The fourth-order valence-electron chi connectivity index (χ4n) is 4.77. The first-order valence-corrected chi connectivity index (χ1v) is 11.7. The smallest absolute Gasteiger partial charge is 0.306 e. The molecule has 35 heavy (non-hydrogen) atoms. The maximum atomic E-state index is 13.0. The van der Waals surface area contributed by atoms with Gasteiger partial charge in [-0.2, -0.15) is 0 Å². The van der Waals surface area contributed by atoms with Crippen LogP contribution in [0.4, 0.5) is 0 Å². The first-order chi connectivity index (χ1) is 16.8. The second-order valence-electron chi connectivity index (χ2n) is 9.59. The van der Waals surface area contributed by atoms with Crippen molar-refractivity contribution in [2.75, 3.05) is 7.11 Å². The van der Waals surface area contributed by atoms with E-state index in [-0.39, 0.29) is 17.6 Å². The molecule has 2 N–H and O–H groups in total. The van der Waals surface area contributed by atoms with Crippen LogP contribution in [0.15, 0.2) is 53.6 Å². The number of ether oxygens (including phenoxy) is 2. The van der Waals surface area contributed by atoms with E-state index in [0.29, 0.717) is 17.5 Å². The molecule has 0 radical (unpaired) electrons. The molecule has 3 heterocycles. The Hall–Kier alpha value is -3.94. The van der Waals surface area contributed by atoms with Crippen LogP contribution in [0.1, 0.15) is 60.6 Å². The molecule has 8 nitrogen and oxygen atoms in total. The minimum absolute atomic E-state index is 0.0311. The van der Waals surface area contributed by atoms with Gasteiger partial charge in [0.15, 0.2) is 0 Å². The molecular formula is C27H28N4O4. The molecule has 8 heteroatoms. The molecule has 0 unspecified atom stereocenters. The fraction of sp³-hybridized carbons (Fsp3) is 0.333. The van der Waals surface area contributed by atoms with Gasteiger partial charge in [0.1, 0.15) is 11.4 Å². The zero-order valence-electron chi connectivity index (χ0n) is 20.1. The third kappa shape index (κ3) is 4.69. The van der Waals surface area contributed by atoms with Crippen LogP contribution in [0.25, 0.3) is 11.0 Å². The Kier molecular flexibility index (Phi) is 5.88. The minimum Gasteiger partial charge on any atom is -0.488 e. The summed E-state index contributed by atoms with van der Waals surface area (Å²) in [6.45, 7) is 4.20. The summed E-state index contributed by atoms with van der Waals surface area (Å²) in [5.74, 6) is 0.0172. The number of nitrogens with one attached hydrogen (secondary N) is 2.